The van der Waals surface area contributed by atoms with Crippen molar-refractivity contribution in [2.45, 2.75) is 12.5 Å². The zero-order chi connectivity index (χ0) is 13.5. The number of rotatable bonds is 6. The molecule has 0 fully saturated rings. The summed E-state index contributed by atoms with van der Waals surface area (Å²) in [6.45, 7) is 0.241. The normalized spacial score (nSPS) is 11.9. The van der Waals surface area contributed by atoms with Crippen LogP contribution in [-0.4, -0.2) is 41.7 Å². The third-order valence-corrected chi connectivity index (χ3v) is 2.40. The standard InChI is InChI=1S/C11H13ClN2O4/c1-18-5-4-9(11(16)17)14-10(15)8-3-2-7(12)6-13-8/h2-3,6,9H,4-5H2,1H3,(H,14,15)(H,16,17). The first-order chi connectivity index (χ1) is 8.54. The average molecular weight is 273 g/mol. The van der Waals surface area contributed by atoms with E-state index in [1.54, 1.807) is 0 Å². The van der Waals surface area contributed by atoms with Crippen LogP contribution in [0.2, 0.25) is 5.02 Å². The summed E-state index contributed by atoms with van der Waals surface area (Å²) in [5.74, 6) is -1.68. The molecule has 7 heteroatoms. The lowest BCUT2D eigenvalue weighted by Crippen LogP contribution is -2.41. The third-order valence-electron chi connectivity index (χ3n) is 2.17. The predicted molar refractivity (Wildman–Crippen MR) is 64.6 cm³/mol. The van der Waals surface area contributed by atoms with Gasteiger partial charge in [-0.3, -0.25) is 4.79 Å². The number of halogens is 1. The number of hydrogen-bond donors (Lipinski definition) is 2. The maximum atomic E-state index is 11.7. The Kier molecular flexibility index (Phi) is 5.54. The molecule has 1 atom stereocenters. The topological polar surface area (TPSA) is 88.5 Å². The summed E-state index contributed by atoms with van der Waals surface area (Å²) in [5, 5.41) is 11.7. The van der Waals surface area contributed by atoms with E-state index < -0.39 is 17.9 Å². The first-order valence-corrected chi connectivity index (χ1v) is 5.56. The van der Waals surface area contributed by atoms with E-state index in [0.717, 1.165) is 0 Å². The number of carboxylic acid groups (broad SMARTS) is 1. The summed E-state index contributed by atoms with van der Waals surface area (Å²) in [6, 6.07) is 1.93. The molecule has 0 aliphatic heterocycles. The molecule has 6 nitrogen and oxygen atoms in total. The molecular weight excluding hydrogens is 260 g/mol. The molecule has 1 unspecified atom stereocenters. The number of aliphatic carboxylic acids is 1. The first kappa shape index (κ1) is 14.4. The Bertz CT molecular complexity index is 422. The lowest BCUT2D eigenvalue weighted by molar-refractivity contribution is -0.139. The molecule has 0 saturated heterocycles. The third kappa shape index (κ3) is 4.31. The van der Waals surface area contributed by atoms with Crippen molar-refractivity contribution in [1.29, 1.82) is 0 Å². The number of carbonyl (C=O) groups is 2. The van der Waals surface area contributed by atoms with Crippen molar-refractivity contribution < 1.29 is 19.4 Å². The maximum absolute atomic E-state index is 11.7. The summed E-state index contributed by atoms with van der Waals surface area (Å²) in [4.78, 5) is 26.4. The summed E-state index contributed by atoms with van der Waals surface area (Å²) in [7, 11) is 1.46. The molecule has 0 bridgehead atoms. The number of carbonyl (C=O) groups excluding carboxylic acids is 1. The Morgan fingerprint density at radius 3 is 2.78 bits per heavy atom. The molecule has 0 aliphatic rings. The molecule has 98 valence electrons. The van der Waals surface area contributed by atoms with Gasteiger partial charge < -0.3 is 15.2 Å². The van der Waals surface area contributed by atoms with Crippen LogP contribution < -0.4 is 5.32 Å². The number of aromatic nitrogens is 1. The highest BCUT2D eigenvalue weighted by atomic mass is 35.5. The SMILES string of the molecule is COCCC(NC(=O)c1ccc(Cl)cn1)C(=O)O. The smallest absolute Gasteiger partial charge is 0.326 e. The van der Waals surface area contributed by atoms with Gasteiger partial charge in [-0.1, -0.05) is 11.6 Å². The van der Waals surface area contributed by atoms with Gasteiger partial charge in [-0.2, -0.15) is 0 Å². The molecule has 2 N–H and O–H groups in total. The number of amides is 1. The van der Waals surface area contributed by atoms with Gasteiger partial charge in [-0.15, -0.1) is 0 Å². The van der Waals surface area contributed by atoms with E-state index in [4.69, 9.17) is 21.4 Å². The average Bonchev–Trinajstić information content (AvgIpc) is 2.34. The fourth-order valence-electron chi connectivity index (χ4n) is 1.24. The van der Waals surface area contributed by atoms with Gasteiger partial charge in [0, 0.05) is 26.3 Å². The largest absolute Gasteiger partial charge is 0.480 e. The highest BCUT2D eigenvalue weighted by Gasteiger charge is 2.20. The molecule has 0 aliphatic carbocycles. The number of pyridine rings is 1. The molecule has 1 amide bonds. The summed E-state index contributed by atoms with van der Waals surface area (Å²) < 4.78 is 4.78. The van der Waals surface area contributed by atoms with Crippen LogP contribution in [0.3, 0.4) is 0 Å². The number of nitrogens with one attached hydrogen (secondary N) is 1. The van der Waals surface area contributed by atoms with Crippen molar-refractivity contribution in [1.82, 2.24) is 10.3 Å². The predicted octanol–water partition coefficient (Wildman–Crippen LogP) is 0.955. The Morgan fingerprint density at radius 1 is 1.56 bits per heavy atom. The molecule has 0 spiro atoms. The quantitative estimate of drug-likeness (QED) is 0.805. The van der Waals surface area contributed by atoms with Crippen LogP contribution in [0.4, 0.5) is 0 Å². The highest BCUT2D eigenvalue weighted by Crippen LogP contribution is 2.06. The summed E-state index contributed by atoms with van der Waals surface area (Å²) in [5.41, 5.74) is 0.114. The van der Waals surface area contributed by atoms with Gasteiger partial charge >= 0.3 is 5.97 Å². The maximum Gasteiger partial charge on any atom is 0.326 e. The second-order valence-corrected chi connectivity index (χ2v) is 3.94. The highest BCUT2D eigenvalue weighted by molar-refractivity contribution is 6.30. The van der Waals surface area contributed by atoms with Gasteiger partial charge in [0.2, 0.25) is 0 Å². The van der Waals surface area contributed by atoms with Crippen LogP contribution in [0, 0.1) is 0 Å². The number of methoxy groups -OCH3 is 1. The number of hydrogen-bond acceptors (Lipinski definition) is 4. The van der Waals surface area contributed by atoms with Gasteiger partial charge in [0.1, 0.15) is 11.7 Å². The van der Waals surface area contributed by atoms with Crippen molar-refractivity contribution in [2.24, 2.45) is 0 Å². The molecule has 0 aromatic carbocycles. The molecule has 0 saturated carbocycles. The molecule has 1 rings (SSSR count). The second-order valence-electron chi connectivity index (χ2n) is 3.51. The Balaban J connectivity index is 2.66. The molecule has 0 radical (unpaired) electrons. The van der Waals surface area contributed by atoms with Crippen molar-refractivity contribution in [3.63, 3.8) is 0 Å². The molecular formula is C11H13ClN2O4. The van der Waals surface area contributed by atoms with E-state index in [1.807, 2.05) is 0 Å². The fraction of sp³-hybridized carbons (Fsp3) is 0.364. The van der Waals surface area contributed by atoms with Crippen LogP contribution in [0.15, 0.2) is 18.3 Å². The Hall–Kier alpha value is -1.66. The zero-order valence-electron chi connectivity index (χ0n) is 9.72. The van der Waals surface area contributed by atoms with E-state index in [1.165, 1.54) is 25.4 Å². The lowest BCUT2D eigenvalue weighted by atomic mass is 10.2. The summed E-state index contributed by atoms with van der Waals surface area (Å²) >= 11 is 5.64. The van der Waals surface area contributed by atoms with E-state index in [0.29, 0.717) is 5.02 Å². The fourth-order valence-corrected chi connectivity index (χ4v) is 1.35. The minimum atomic E-state index is -1.12. The Morgan fingerprint density at radius 2 is 2.28 bits per heavy atom. The monoisotopic (exact) mass is 272 g/mol. The van der Waals surface area contributed by atoms with Gasteiger partial charge in [0.05, 0.1) is 5.02 Å². The second kappa shape index (κ2) is 6.93. The number of carboxylic acids is 1. The minimum Gasteiger partial charge on any atom is -0.480 e. The van der Waals surface area contributed by atoms with Crippen molar-refractivity contribution in [3.8, 4) is 0 Å². The van der Waals surface area contributed by atoms with Crippen LogP contribution >= 0.6 is 11.6 Å². The zero-order valence-corrected chi connectivity index (χ0v) is 10.5. The Labute approximate surface area is 109 Å². The van der Waals surface area contributed by atoms with Crippen LogP contribution in [0.5, 0.6) is 0 Å². The van der Waals surface area contributed by atoms with Gasteiger partial charge in [-0.05, 0) is 12.1 Å². The number of ether oxygens (including phenoxy) is 1. The van der Waals surface area contributed by atoms with E-state index in [-0.39, 0.29) is 18.7 Å². The lowest BCUT2D eigenvalue weighted by Gasteiger charge is -2.13. The van der Waals surface area contributed by atoms with E-state index >= 15 is 0 Å². The van der Waals surface area contributed by atoms with Crippen LogP contribution in [0.25, 0.3) is 0 Å². The molecule has 18 heavy (non-hydrogen) atoms. The van der Waals surface area contributed by atoms with E-state index in [2.05, 4.69) is 10.3 Å². The minimum absolute atomic E-state index is 0.114. The van der Waals surface area contributed by atoms with Crippen molar-refractivity contribution in [3.05, 3.63) is 29.0 Å². The van der Waals surface area contributed by atoms with Crippen LogP contribution in [0.1, 0.15) is 16.9 Å². The number of nitrogens with zero attached hydrogens (tertiary/aromatic N) is 1. The van der Waals surface area contributed by atoms with Gasteiger partial charge in [-0.25, -0.2) is 9.78 Å². The van der Waals surface area contributed by atoms with Crippen molar-refractivity contribution in [2.75, 3.05) is 13.7 Å². The molecule has 1 aromatic rings. The van der Waals surface area contributed by atoms with Crippen molar-refractivity contribution >= 4 is 23.5 Å². The van der Waals surface area contributed by atoms with E-state index in [9.17, 15) is 9.59 Å². The molecule has 1 heterocycles. The van der Waals surface area contributed by atoms with Crippen LogP contribution in [-0.2, 0) is 9.53 Å². The first-order valence-electron chi connectivity index (χ1n) is 5.18. The van der Waals surface area contributed by atoms with Gasteiger partial charge in [0.25, 0.3) is 5.91 Å². The van der Waals surface area contributed by atoms with Gasteiger partial charge in [0.15, 0.2) is 0 Å². The summed E-state index contributed by atoms with van der Waals surface area (Å²) in [6.07, 6.45) is 1.51. The molecule has 1 aromatic heterocycles.